The summed E-state index contributed by atoms with van der Waals surface area (Å²) in [6, 6.07) is 8.50. The molecule has 2 saturated carbocycles. The molecule has 0 bridgehead atoms. The fraction of sp³-hybridized carbons (Fsp3) is 0.600. The first-order valence-corrected chi connectivity index (χ1v) is 10.3. The summed E-state index contributed by atoms with van der Waals surface area (Å²) < 4.78 is 3.45. The van der Waals surface area contributed by atoms with Crippen LogP contribution in [0, 0.1) is 11.8 Å². The van der Waals surface area contributed by atoms with Gasteiger partial charge in [-0.2, -0.15) is 5.10 Å². The quantitative estimate of drug-likeness (QED) is 0.666. The van der Waals surface area contributed by atoms with Gasteiger partial charge in [-0.1, -0.05) is 49.2 Å². The Morgan fingerprint density at radius 1 is 0.958 bits per heavy atom. The number of fused-ring (bicyclic) bond motifs is 1. The number of aromatic nitrogens is 1. The largest absolute Gasteiger partial charge is 0.318 e. The zero-order chi connectivity index (χ0) is 16.4. The second-order valence-electron chi connectivity index (χ2n) is 7.35. The molecule has 4 rings (SSSR count). The molecule has 0 N–H and O–H groups in total. The first-order valence-electron chi connectivity index (χ1n) is 9.48. The van der Waals surface area contributed by atoms with Gasteiger partial charge in [-0.15, -0.1) is 5.10 Å². The Hall–Kier alpha value is -1.42. The van der Waals surface area contributed by atoms with Crippen molar-refractivity contribution in [3.8, 4) is 0 Å². The lowest BCUT2D eigenvalue weighted by molar-refractivity contribution is 0.274. The molecule has 128 valence electrons. The van der Waals surface area contributed by atoms with Crippen LogP contribution in [0.5, 0.6) is 0 Å². The number of hydrogen-bond donors (Lipinski definition) is 0. The van der Waals surface area contributed by atoms with E-state index in [9.17, 15) is 0 Å². The van der Waals surface area contributed by atoms with E-state index in [2.05, 4.69) is 41.0 Å². The number of nitrogens with zero attached hydrogens (tertiary/aromatic N) is 3. The molecule has 0 amide bonds. The summed E-state index contributed by atoms with van der Waals surface area (Å²) in [6.07, 6.45) is 12.2. The van der Waals surface area contributed by atoms with Crippen molar-refractivity contribution in [3.05, 3.63) is 29.1 Å². The Labute approximate surface area is 148 Å². The summed E-state index contributed by atoms with van der Waals surface area (Å²) in [5, 5.41) is 9.48. The number of hydrogen-bond acceptors (Lipinski definition) is 3. The maximum absolute atomic E-state index is 4.80. The molecule has 1 heterocycles. The maximum Gasteiger partial charge on any atom is 0.211 e. The maximum atomic E-state index is 4.80. The van der Waals surface area contributed by atoms with E-state index in [1.165, 1.54) is 67.3 Å². The van der Waals surface area contributed by atoms with Crippen LogP contribution in [0.2, 0.25) is 0 Å². The van der Waals surface area contributed by atoms with Gasteiger partial charge in [-0.25, -0.2) is 0 Å². The van der Waals surface area contributed by atoms with Gasteiger partial charge in [-0.05, 0) is 50.2 Å². The standard InChI is InChI=1S/C20H27N3S/c1-23-18-13-7-8-14-19(18)24-20(23)22-21-17-12-6-5-11-16(17)15-9-3-2-4-10-15/h7-8,13-16H,2-6,9-12H2,1H3/b21-17-,22-20+/t16-/m1/s1. The molecule has 0 spiro atoms. The summed E-state index contributed by atoms with van der Waals surface area (Å²) in [6.45, 7) is 0. The van der Waals surface area contributed by atoms with Crippen molar-refractivity contribution in [1.29, 1.82) is 0 Å². The lowest BCUT2D eigenvalue weighted by atomic mass is 9.72. The third-order valence-corrected chi connectivity index (χ3v) is 6.93. The molecule has 4 heteroatoms. The minimum absolute atomic E-state index is 0.697. The van der Waals surface area contributed by atoms with Gasteiger partial charge in [0.15, 0.2) is 0 Å². The van der Waals surface area contributed by atoms with E-state index >= 15 is 0 Å². The van der Waals surface area contributed by atoms with E-state index in [-0.39, 0.29) is 0 Å². The molecule has 24 heavy (non-hydrogen) atoms. The lowest BCUT2D eigenvalue weighted by Crippen LogP contribution is -2.28. The molecule has 0 unspecified atom stereocenters. The van der Waals surface area contributed by atoms with Crippen LogP contribution in [0.4, 0.5) is 0 Å². The number of rotatable bonds is 2. The molecule has 1 aromatic heterocycles. The molecule has 0 aliphatic heterocycles. The number of para-hydroxylation sites is 1. The molecule has 3 nitrogen and oxygen atoms in total. The average Bonchev–Trinajstić information content (AvgIpc) is 2.97. The van der Waals surface area contributed by atoms with Crippen molar-refractivity contribution < 1.29 is 0 Å². The average molecular weight is 342 g/mol. The van der Waals surface area contributed by atoms with Gasteiger partial charge in [0.1, 0.15) is 0 Å². The van der Waals surface area contributed by atoms with Crippen LogP contribution in [0.1, 0.15) is 57.8 Å². The van der Waals surface area contributed by atoms with Crippen LogP contribution in [0.25, 0.3) is 10.2 Å². The van der Waals surface area contributed by atoms with Gasteiger partial charge in [0.05, 0.1) is 10.2 Å². The van der Waals surface area contributed by atoms with Crippen molar-refractivity contribution in [2.24, 2.45) is 29.1 Å². The number of benzene rings is 1. The van der Waals surface area contributed by atoms with Gasteiger partial charge >= 0.3 is 0 Å². The van der Waals surface area contributed by atoms with Crippen LogP contribution >= 0.6 is 11.3 Å². The minimum Gasteiger partial charge on any atom is -0.318 e. The van der Waals surface area contributed by atoms with Crippen LogP contribution in [-0.4, -0.2) is 10.3 Å². The number of thiazole rings is 1. The lowest BCUT2D eigenvalue weighted by Gasteiger charge is -2.33. The Morgan fingerprint density at radius 2 is 1.75 bits per heavy atom. The molecule has 2 fully saturated rings. The van der Waals surface area contributed by atoms with E-state index in [4.69, 9.17) is 5.10 Å². The van der Waals surface area contributed by atoms with Crippen molar-refractivity contribution in [3.63, 3.8) is 0 Å². The molecular weight excluding hydrogens is 314 g/mol. The van der Waals surface area contributed by atoms with Crippen molar-refractivity contribution >= 4 is 27.3 Å². The first-order chi connectivity index (χ1) is 11.8. The molecular formula is C20H27N3S. The first kappa shape index (κ1) is 16.1. The zero-order valence-electron chi connectivity index (χ0n) is 14.6. The van der Waals surface area contributed by atoms with Crippen LogP contribution < -0.4 is 4.80 Å². The molecule has 2 aliphatic carbocycles. The Morgan fingerprint density at radius 3 is 2.58 bits per heavy atom. The van der Waals surface area contributed by atoms with Crippen molar-refractivity contribution in [2.45, 2.75) is 57.8 Å². The van der Waals surface area contributed by atoms with Crippen molar-refractivity contribution in [2.75, 3.05) is 0 Å². The molecule has 0 saturated heterocycles. The third kappa shape index (κ3) is 3.21. The van der Waals surface area contributed by atoms with Gasteiger partial charge in [0.2, 0.25) is 4.80 Å². The molecule has 2 aliphatic rings. The molecule has 2 aromatic rings. The zero-order valence-corrected chi connectivity index (χ0v) is 15.4. The SMILES string of the molecule is Cn1/c(=N\N=C2\CCCC[C@@H]2C2CCCCC2)sc2ccccc21. The smallest absolute Gasteiger partial charge is 0.211 e. The van der Waals surface area contributed by atoms with E-state index < -0.39 is 0 Å². The highest BCUT2D eigenvalue weighted by Gasteiger charge is 2.29. The van der Waals surface area contributed by atoms with Crippen LogP contribution in [-0.2, 0) is 7.05 Å². The van der Waals surface area contributed by atoms with Gasteiger partial charge in [-0.3, -0.25) is 0 Å². The predicted octanol–water partition coefficient (Wildman–Crippen LogP) is 5.27. The van der Waals surface area contributed by atoms with E-state index in [0.29, 0.717) is 5.92 Å². The van der Waals surface area contributed by atoms with Crippen LogP contribution in [0.15, 0.2) is 34.5 Å². The fourth-order valence-electron chi connectivity index (χ4n) is 4.48. The Bertz CT molecular complexity index is 793. The Kier molecular flexibility index (Phi) is 4.83. The monoisotopic (exact) mass is 341 g/mol. The summed E-state index contributed by atoms with van der Waals surface area (Å²) in [4.78, 5) is 1.01. The van der Waals surface area contributed by atoms with Crippen molar-refractivity contribution in [1.82, 2.24) is 4.57 Å². The highest BCUT2D eigenvalue weighted by atomic mass is 32.1. The second-order valence-corrected chi connectivity index (χ2v) is 8.36. The predicted molar refractivity (Wildman–Crippen MR) is 102 cm³/mol. The summed E-state index contributed by atoms with van der Waals surface area (Å²) in [7, 11) is 2.09. The highest BCUT2D eigenvalue weighted by molar-refractivity contribution is 7.16. The van der Waals surface area contributed by atoms with E-state index in [0.717, 1.165) is 17.1 Å². The molecule has 0 radical (unpaired) electrons. The number of aryl methyl sites for hydroxylation is 1. The summed E-state index contributed by atoms with van der Waals surface area (Å²) >= 11 is 1.74. The van der Waals surface area contributed by atoms with Gasteiger partial charge in [0, 0.05) is 18.7 Å². The molecule has 1 atom stereocenters. The minimum atomic E-state index is 0.697. The van der Waals surface area contributed by atoms with E-state index in [1.807, 2.05) is 0 Å². The normalized spacial score (nSPS) is 25.6. The summed E-state index contributed by atoms with van der Waals surface area (Å²) in [5.41, 5.74) is 2.62. The van der Waals surface area contributed by atoms with E-state index in [1.54, 1.807) is 11.3 Å². The topological polar surface area (TPSA) is 29.6 Å². The fourth-order valence-corrected chi connectivity index (χ4v) is 5.45. The highest BCUT2D eigenvalue weighted by Crippen LogP contribution is 2.37. The van der Waals surface area contributed by atoms with Gasteiger partial charge < -0.3 is 4.57 Å². The summed E-state index contributed by atoms with van der Waals surface area (Å²) in [5.74, 6) is 1.56. The van der Waals surface area contributed by atoms with Crippen LogP contribution in [0.3, 0.4) is 0 Å². The molecule has 1 aromatic carbocycles. The Balaban J connectivity index is 1.65. The van der Waals surface area contributed by atoms with Gasteiger partial charge in [0.25, 0.3) is 0 Å². The third-order valence-electron chi connectivity index (χ3n) is 5.82. The second kappa shape index (κ2) is 7.22.